The first-order valence-corrected chi connectivity index (χ1v) is 3.57. The van der Waals surface area contributed by atoms with Crippen molar-refractivity contribution in [2.75, 3.05) is 6.54 Å². The first kappa shape index (κ1) is 12.9. The second kappa shape index (κ2) is 4.39. The van der Waals surface area contributed by atoms with Gasteiger partial charge in [-0.2, -0.15) is 22.0 Å². The van der Waals surface area contributed by atoms with Gasteiger partial charge in [-0.3, -0.25) is 4.79 Å². The van der Waals surface area contributed by atoms with Gasteiger partial charge in [0.25, 0.3) is 5.91 Å². The second-order valence-corrected chi connectivity index (χ2v) is 2.41. The molecule has 14 heavy (non-hydrogen) atoms. The van der Waals surface area contributed by atoms with E-state index in [0.29, 0.717) is 0 Å². The van der Waals surface area contributed by atoms with E-state index >= 15 is 0 Å². The van der Waals surface area contributed by atoms with Gasteiger partial charge in [-0.15, -0.1) is 6.58 Å². The highest BCUT2D eigenvalue weighted by Crippen LogP contribution is 2.35. The van der Waals surface area contributed by atoms with E-state index in [2.05, 4.69) is 6.58 Å². The van der Waals surface area contributed by atoms with Crippen LogP contribution in [-0.2, 0) is 4.79 Å². The van der Waals surface area contributed by atoms with Crippen molar-refractivity contribution < 1.29 is 26.7 Å². The Morgan fingerprint density at radius 3 is 2.14 bits per heavy atom. The van der Waals surface area contributed by atoms with Gasteiger partial charge < -0.3 is 5.32 Å². The monoisotopic (exact) mass is 217 g/mol. The fourth-order valence-electron chi connectivity index (χ4n) is 0.528. The molecule has 0 radical (unpaired) electrons. The SMILES string of the molecule is C=CCCNC(=O)C(F)(F)C(F)(F)F. The summed E-state index contributed by atoms with van der Waals surface area (Å²) in [4.78, 5) is 10.4. The van der Waals surface area contributed by atoms with Gasteiger partial charge in [0.2, 0.25) is 0 Å². The minimum Gasteiger partial charge on any atom is -0.350 e. The third kappa shape index (κ3) is 2.97. The molecular weight excluding hydrogens is 209 g/mol. The molecule has 0 fully saturated rings. The summed E-state index contributed by atoms with van der Waals surface area (Å²) in [7, 11) is 0. The largest absolute Gasteiger partial charge is 0.463 e. The molecule has 0 spiro atoms. The van der Waals surface area contributed by atoms with Crippen LogP contribution in [0.4, 0.5) is 22.0 Å². The first-order chi connectivity index (χ1) is 6.23. The molecule has 0 aliphatic carbocycles. The van der Waals surface area contributed by atoms with Crippen LogP contribution in [0.15, 0.2) is 12.7 Å². The van der Waals surface area contributed by atoms with E-state index in [1.165, 1.54) is 11.4 Å². The topological polar surface area (TPSA) is 29.1 Å². The van der Waals surface area contributed by atoms with Crippen molar-refractivity contribution in [3.63, 3.8) is 0 Å². The minimum absolute atomic E-state index is 0.125. The first-order valence-electron chi connectivity index (χ1n) is 3.57. The van der Waals surface area contributed by atoms with Crippen molar-refractivity contribution >= 4 is 5.91 Å². The Hall–Kier alpha value is -1.14. The molecule has 0 aliphatic heterocycles. The van der Waals surface area contributed by atoms with E-state index in [4.69, 9.17) is 0 Å². The van der Waals surface area contributed by atoms with Gasteiger partial charge in [-0.1, -0.05) is 6.08 Å². The molecule has 2 nitrogen and oxygen atoms in total. The van der Waals surface area contributed by atoms with Gasteiger partial charge in [0.1, 0.15) is 0 Å². The number of amides is 1. The van der Waals surface area contributed by atoms with Gasteiger partial charge in [0, 0.05) is 6.54 Å². The zero-order chi connectivity index (χ0) is 11.4. The van der Waals surface area contributed by atoms with Crippen molar-refractivity contribution in [1.29, 1.82) is 0 Å². The summed E-state index contributed by atoms with van der Waals surface area (Å²) >= 11 is 0. The summed E-state index contributed by atoms with van der Waals surface area (Å²) in [6, 6.07) is 0. The molecule has 1 amide bonds. The average molecular weight is 217 g/mol. The molecule has 0 rings (SSSR count). The Morgan fingerprint density at radius 1 is 1.29 bits per heavy atom. The molecule has 0 atom stereocenters. The quantitative estimate of drug-likeness (QED) is 0.434. The molecule has 0 saturated carbocycles. The molecular formula is C7H8F5NO. The number of hydrogen-bond acceptors (Lipinski definition) is 1. The average Bonchev–Trinajstić information content (AvgIpc) is 2.02. The lowest BCUT2D eigenvalue weighted by Gasteiger charge is -2.18. The molecule has 0 aromatic heterocycles. The van der Waals surface area contributed by atoms with Crippen molar-refractivity contribution in [1.82, 2.24) is 5.32 Å². The Morgan fingerprint density at radius 2 is 1.79 bits per heavy atom. The molecule has 0 heterocycles. The van der Waals surface area contributed by atoms with Crippen LogP contribution >= 0.6 is 0 Å². The normalized spacial score (nSPS) is 12.4. The third-order valence-electron chi connectivity index (χ3n) is 1.28. The zero-order valence-electron chi connectivity index (χ0n) is 7.00. The van der Waals surface area contributed by atoms with Crippen LogP contribution in [0.3, 0.4) is 0 Å². The number of carbonyl (C=O) groups excluding carboxylic acids is 1. The lowest BCUT2D eigenvalue weighted by atomic mass is 10.3. The predicted molar refractivity (Wildman–Crippen MR) is 38.8 cm³/mol. The van der Waals surface area contributed by atoms with Crippen molar-refractivity contribution in [3.8, 4) is 0 Å². The van der Waals surface area contributed by atoms with Crippen LogP contribution in [0.2, 0.25) is 0 Å². The van der Waals surface area contributed by atoms with Gasteiger partial charge >= 0.3 is 12.1 Å². The fourth-order valence-corrected chi connectivity index (χ4v) is 0.528. The van der Waals surface area contributed by atoms with Crippen LogP contribution in [0, 0.1) is 0 Å². The number of carbonyl (C=O) groups is 1. The van der Waals surface area contributed by atoms with E-state index in [0.717, 1.165) is 0 Å². The maximum Gasteiger partial charge on any atom is 0.463 e. The Kier molecular flexibility index (Phi) is 4.03. The van der Waals surface area contributed by atoms with Crippen LogP contribution in [-0.4, -0.2) is 24.6 Å². The van der Waals surface area contributed by atoms with E-state index in [1.54, 1.807) is 0 Å². The molecule has 82 valence electrons. The molecule has 7 heteroatoms. The number of nitrogens with one attached hydrogen (secondary N) is 1. The minimum atomic E-state index is -5.86. The second-order valence-electron chi connectivity index (χ2n) is 2.41. The molecule has 0 unspecified atom stereocenters. The van der Waals surface area contributed by atoms with Gasteiger partial charge in [-0.25, -0.2) is 0 Å². The van der Waals surface area contributed by atoms with E-state index in [-0.39, 0.29) is 13.0 Å². The third-order valence-corrected chi connectivity index (χ3v) is 1.28. The van der Waals surface area contributed by atoms with Gasteiger partial charge in [0.05, 0.1) is 0 Å². The van der Waals surface area contributed by atoms with Crippen LogP contribution < -0.4 is 5.32 Å². The molecule has 0 aromatic rings. The summed E-state index contributed by atoms with van der Waals surface area (Å²) < 4.78 is 59.1. The highest BCUT2D eigenvalue weighted by Gasteiger charge is 2.63. The van der Waals surface area contributed by atoms with Crippen LogP contribution in [0.1, 0.15) is 6.42 Å². The number of halogens is 5. The van der Waals surface area contributed by atoms with Gasteiger partial charge in [0.15, 0.2) is 0 Å². The van der Waals surface area contributed by atoms with Crippen molar-refractivity contribution in [2.45, 2.75) is 18.5 Å². The van der Waals surface area contributed by atoms with E-state index < -0.39 is 18.0 Å². The highest BCUT2D eigenvalue weighted by atomic mass is 19.4. The highest BCUT2D eigenvalue weighted by molar-refractivity contribution is 5.84. The summed E-state index contributed by atoms with van der Waals surface area (Å²) in [5.41, 5.74) is 0. The molecule has 0 aliphatic rings. The van der Waals surface area contributed by atoms with Crippen LogP contribution in [0.5, 0.6) is 0 Å². The zero-order valence-corrected chi connectivity index (χ0v) is 7.00. The summed E-state index contributed by atoms with van der Waals surface area (Å²) in [6.45, 7) is 2.91. The molecule has 0 bridgehead atoms. The van der Waals surface area contributed by atoms with E-state index in [9.17, 15) is 26.7 Å². The maximum absolute atomic E-state index is 12.2. The standard InChI is InChI=1S/C7H8F5NO/c1-2-3-4-13-5(14)6(8,9)7(10,11)12/h2H,1,3-4H2,(H,13,14). The summed E-state index contributed by atoms with van der Waals surface area (Å²) in [5, 5.41) is 1.45. The van der Waals surface area contributed by atoms with E-state index in [1.807, 2.05) is 0 Å². The summed E-state index contributed by atoms with van der Waals surface area (Å²) in [6.07, 6.45) is -4.45. The van der Waals surface area contributed by atoms with Crippen LogP contribution in [0.25, 0.3) is 0 Å². The number of hydrogen-bond donors (Lipinski definition) is 1. The Balaban J connectivity index is 4.29. The number of rotatable bonds is 4. The maximum atomic E-state index is 12.2. The lowest BCUT2D eigenvalue weighted by Crippen LogP contribution is -2.50. The lowest BCUT2D eigenvalue weighted by molar-refractivity contribution is -0.269. The summed E-state index contributed by atoms with van der Waals surface area (Å²) in [5.74, 6) is -7.68. The Labute approximate surface area is 76.8 Å². The van der Waals surface area contributed by atoms with Gasteiger partial charge in [-0.05, 0) is 6.42 Å². The molecule has 1 N–H and O–H groups in total. The molecule has 0 saturated heterocycles. The Bertz CT molecular complexity index is 223. The van der Waals surface area contributed by atoms with Crippen molar-refractivity contribution in [3.05, 3.63) is 12.7 Å². The van der Waals surface area contributed by atoms with Crippen molar-refractivity contribution in [2.24, 2.45) is 0 Å². The fraction of sp³-hybridized carbons (Fsp3) is 0.571. The predicted octanol–water partition coefficient (Wildman–Crippen LogP) is 1.88. The molecule has 0 aromatic carbocycles. The smallest absolute Gasteiger partial charge is 0.350 e. The number of alkyl halides is 5.